The number of rotatable bonds is 2. The van der Waals surface area contributed by atoms with Crippen molar-refractivity contribution in [3.8, 4) is 0 Å². The number of H-pyrrole nitrogens is 1. The lowest BCUT2D eigenvalue weighted by molar-refractivity contribution is 0.00698. The van der Waals surface area contributed by atoms with Crippen molar-refractivity contribution < 1.29 is 4.74 Å². The van der Waals surface area contributed by atoms with Gasteiger partial charge in [0.1, 0.15) is 0 Å². The molecule has 1 saturated carbocycles. The van der Waals surface area contributed by atoms with Crippen LogP contribution >= 0.6 is 23.8 Å². The van der Waals surface area contributed by atoms with Gasteiger partial charge in [-0.15, -0.1) is 0 Å². The number of fused-ring (bicyclic) bond motifs is 1. The summed E-state index contributed by atoms with van der Waals surface area (Å²) < 4.78 is 8.23. The third-order valence-electron chi connectivity index (χ3n) is 3.45. The zero-order valence-electron chi connectivity index (χ0n) is 9.44. The van der Waals surface area contributed by atoms with Crippen molar-refractivity contribution in [2.45, 2.75) is 25.0 Å². The van der Waals surface area contributed by atoms with Crippen LogP contribution in [0.3, 0.4) is 0 Å². The van der Waals surface area contributed by atoms with Crippen molar-refractivity contribution in [2.75, 3.05) is 7.11 Å². The highest BCUT2D eigenvalue weighted by Crippen LogP contribution is 2.37. The average molecular weight is 269 g/mol. The Balaban J connectivity index is 2.07. The van der Waals surface area contributed by atoms with Gasteiger partial charge in [0.2, 0.25) is 0 Å². The van der Waals surface area contributed by atoms with E-state index in [1.54, 1.807) is 7.11 Å². The third-order valence-corrected chi connectivity index (χ3v) is 3.98. The number of aromatic amines is 1. The summed E-state index contributed by atoms with van der Waals surface area (Å²) in [7, 11) is 1.76. The average Bonchev–Trinajstić information content (AvgIpc) is 2.54. The van der Waals surface area contributed by atoms with Gasteiger partial charge >= 0.3 is 0 Å². The number of nitrogens with one attached hydrogen (secondary N) is 1. The molecule has 0 amide bonds. The fourth-order valence-corrected chi connectivity index (χ4v) is 2.92. The standard InChI is InChI=1S/C12H13ClN2OS/c1-16-9-5-8(6-9)15-11-4-7(13)2-3-10(11)14-12(15)17/h2-4,8-9H,5-6H2,1H3,(H,14,17). The molecule has 1 fully saturated rings. The van der Waals surface area contributed by atoms with Gasteiger partial charge in [0.25, 0.3) is 0 Å². The number of hydrogen-bond donors (Lipinski definition) is 1. The Hall–Kier alpha value is -0.840. The summed E-state index contributed by atoms with van der Waals surface area (Å²) in [4.78, 5) is 3.21. The number of ether oxygens (including phenoxy) is 1. The molecule has 1 aromatic heterocycles. The third kappa shape index (κ3) is 1.80. The molecule has 0 bridgehead atoms. The molecule has 17 heavy (non-hydrogen) atoms. The topological polar surface area (TPSA) is 29.9 Å². The lowest BCUT2D eigenvalue weighted by atomic mass is 9.89. The van der Waals surface area contributed by atoms with Gasteiger partial charge in [-0.1, -0.05) is 11.6 Å². The Kier molecular flexibility index (Phi) is 2.73. The van der Waals surface area contributed by atoms with Gasteiger partial charge in [0.05, 0.1) is 17.1 Å². The zero-order chi connectivity index (χ0) is 12.0. The summed E-state index contributed by atoms with van der Waals surface area (Å²) in [5, 5.41) is 0.739. The molecule has 0 unspecified atom stereocenters. The van der Waals surface area contributed by atoms with Gasteiger partial charge < -0.3 is 14.3 Å². The van der Waals surface area contributed by atoms with Crippen LogP contribution in [0.15, 0.2) is 18.2 Å². The highest BCUT2D eigenvalue weighted by molar-refractivity contribution is 7.71. The number of halogens is 1. The Morgan fingerprint density at radius 3 is 2.94 bits per heavy atom. The minimum absolute atomic E-state index is 0.367. The van der Waals surface area contributed by atoms with Gasteiger partial charge in [-0.3, -0.25) is 0 Å². The van der Waals surface area contributed by atoms with Crippen molar-refractivity contribution in [2.24, 2.45) is 0 Å². The highest BCUT2D eigenvalue weighted by Gasteiger charge is 2.31. The number of imidazole rings is 1. The van der Waals surface area contributed by atoms with Crippen LogP contribution in [0.2, 0.25) is 5.02 Å². The lowest BCUT2D eigenvalue weighted by Crippen LogP contribution is -2.32. The molecular weight excluding hydrogens is 256 g/mol. The smallest absolute Gasteiger partial charge is 0.178 e. The summed E-state index contributed by atoms with van der Waals surface area (Å²) in [5.74, 6) is 0. The number of aromatic nitrogens is 2. The molecule has 3 nitrogen and oxygen atoms in total. The number of hydrogen-bond acceptors (Lipinski definition) is 2. The molecule has 1 aromatic carbocycles. The molecule has 1 aliphatic carbocycles. The lowest BCUT2D eigenvalue weighted by Gasteiger charge is -2.35. The molecule has 0 atom stereocenters. The maximum atomic E-state index is 6.04. The summed E-state index contributed by atoms with van der Waals surface area (Å²) >= 11 is 11.4. The van der Waals surface area contributed by atoms with Crippen LogP contribution < -0.4 is 0 Å². The van der Waals surface area contributed by atoms with Crippen molar-refractivity contribution >= 4 is 34.9 Å². The van der Waals surface area contributed by atoms with E-state index in [9.17, 15) is 0 Å². The molecule has 1 heterocycles. The van der Waals surface area contributed by atoms with E-state index in [0.717, 1.165) is 33.7 Å². The van der Waals surface area contributed by atoms with Crippen LogP contribution in [0.4, 0.5) is 0 Å². The second kappa shape index (κ2) is 4.12. The fraction of sp³-hybridized carbons (Fsp3) is 0.417. The Labute approximate surface area is 109 Å². The Morgan fingerprint density at radius 2 is 2.24 bits per heavy atom. The van der Waals surface area contributed by atoms with Crippen LogP contribution in [-0.4, -0.2) is 22.8 Å². The summed E-state index contributed by atoms with van der Waals surface area (Å²) in [6, 6.07) is 6.23. The van der Waals surface area contributed by atoms with E-state index in [4.69, 9.17) is 28.6 Å². The largest absolute Gasteiger partial charge is 0.381 e. The minimum atomic E-state index is 0.367. The second-order valence-electron chi connectivity index (χ2n) is 4.44. The molecule has 1 aliphatic rings. The van der Waals surface area contributed by atoms with E-state index in [1.165, 1.54) is 0 Å². The molecule has 2 aromatic rings. The van der Waals surface area contributed by atoms with Crippen molar-refractivity contribution in [1.29, 1.82) is 0 Å². The minimum Gasteiger partial charge on any atom is -0.381 e. The summed E-state index contributed by atoms with van der Waals surface area (Å²) in [6.07, 6.45) is 2.40. The van der Waals surface area contributed by atoms with Gasteiger partial charge in [0, 0.05) is 18.2 Å². The van der Waals surface area contributed by atoms with Gasteiger partial charge in [-0.2, -0.15) is 0 Å². The van der Waals surface area contributed by atoms with E-state index in [1.807, 2.05) is 18.2 Å². The first-order chi connectivity index (χ1) is 8.19. The SMILES string of the molecule is COC1CC(n2c(=S)[nH]c3ccc(Cl)cc32)C1. The first-order valence-corrected chi connectivity index (χ1v) is 6.40. The molecule has 0 aliphatic heterocycles. The quantitative estimate of drug-likeness (QED) is 0.842. The summed E-state index contributed by atoms with van der Waals surface area (Å²) in [6.45, 7) is 0. The van der Waals surface area contributed by atoms with E-state index in [-0.39, 0.29) is 0 Å². The van der Waals surface area contributed by atoms with E-state index in [0.29, 0.717) is 12.1 Å². The first kappa shape index (κ1) is 11.3. The van der Waals surface area contributed by atoms with E-state index < -0.39 is 0 Å². The Morgan fingerprint density at radius 1 is 1.47 bits per heavy atom. The monoisotopic (exact) mass is 268 g/mol. The molecule has 1 N–H and O–H groups in total. The van der Waals surface area contributed by atoms with Crippen molar-refractivity contribution in [3.63, 3.8) is 0 Å². The van der Waals surface area contributed by atoms with Gasteiger partial charge in [0.15, 0.2) is 4.77 Å². The van der Waals surface area contributed by atoms with E-state index >= 15 is 0 Å². The van der Waals surface area contributed by atoms with Crippen LogP contribution in [0.25, 0.3) is 11.0 Å². The van der Waals surface area contributed by atoms with Gasteiger partial charge in [-0.25, -0.2) is 0 Å². The van der Waals surface area contributed by atoms with Gasteiger partial charge in [-0.05, 0) is 43.3 Å². The molecule has 0 spiro atoms. The van der Waals surface area contributed by atoms with Crippen molar-refractivity contribution in [1.82, 2.24) is 9.55 Å². The van der Waals surface area contributed by atoms with E-state index in [2.05, 4.69) is 9.55 Å². The fourth-order valence-electron chi connectivity index (χ4n) is 2.40. The molecular formula is C12H13ClN2OS. The van der Waals surface area contributed by atoms with Crippen LogP contribution in [-0.2, 0) is 4.74 Å². The summed E-state index contributed by atoms with van der Waals surface area (Å²) in [5.41, 5.74) is 2.13. The number of benzene rings is 1. The number of nitrogens with zero attached hydrogens (tertiary/aromatic N) is 1. The molecule has 0 radical (unpaired) electrons. The molecule has 5 heteroatoms. The molecule has 90 valence electrons. The molecule has 3 rings (SSSR count). The van der Waals surface area contributed by atoms with Crippen molar-refractivity contribution in [3.05, 3.63) is 28.0 Å². The highest BCUT2D eigenvalue weighted by atomic mass is 35.5. The Bertz CT molecular complexity index is 612. The maximum absolute atomic E-state index is 6.04. The van der Waals surface area contributed by atoms with Crippen LogP contribution in [0.5, 0.6) is 0 Å². The maximum Gasteiger partial charge on any atom is 0.178 e. The molecule has 0 saturated heterocycles. The van der Waals surface area contributed by atoms with Crippen LogP contribution in [0, 0.1) is 4.77 Å². The normalized spacial score (nSPS) is 23.9. The predicted octanol–water partition coefficient (Wildman–Crippen LogP) is 3.70. The second-order valence-corrected chi connectivity index (χ2v) is 5.27. The predicted molar refractivity (Wildman–Crippen MR) is 71.2 cm³/mol. The van der Waals surface area contributed by atoms with Crippen LogP contribution in [0.1, 0.15) is 18.9 Å². The first-order valence-electron chi connectivity index (χ1n) is 5.61. The zero-order valence-corrected chi connectivity index (χ0v) is 11.0. The number of methoxy groups -OCH3 is 1.